The maximum Gasteiger partial charge on any atom is 0.416 e. The molecule has 1 rings (SSSR count). The SMILES string of the molecule is CCC(CCO)NCc1ccccc1C(F)(F)F. The van der Waals surface area contributed by atoms with Crippen LogP contribution in [0, 0.1) is 0 Å². The first-order valence-corrected chi connectivity index (χ1v) is 5.98. The van der Waals surface area contributed by atoms with E-state index < -0.39 is 11.7 Å². The van der Waals surface area contributed by atoms with E-state index in [2.05, 4.69) is 5.32 Å². The molecule has 0 heterocycles. The van der Waals surface area contributed by atoms with E-state index in [-0.39, 0.29) is 24.8 Å². The Kier molecular flexibility index (Phi) is 5.62. The molecular weight excluding hydrogens is 243 g/mol. The number of aliphatic hydroxyl groups is 1. The Labute approximate surface area is 105 Å². The lowest BCUT2D eigenvalue weighted by Gasteiger charge is -2.18. The van der Waals surface area contributed by atoms with Gasteiger partial charge in [0.05, 0.1) is 5.56 Å². The molecule has 0 aliphatic carbocycles. The van der Waals surface area contributed by atoms with Crippen LogP contribution in [0.2, 0.25) is 0 Å². The highest BCUT2D eigenvalue weighted by Crippen LogP contribution is 2.31. The molecule has 1 atom stereocenters. The Morgan fingerprint density at radius 3 is 2.50 bits per heavy atom. The monoisotopic (exact) mass is 261 g/mol. The van der Waals surface area contributed by atoms with E-state index in [0.717, 1.165) is 12.5 Å². The van der Waals surface area contributed by atoms with Crippen LogP contribution in [0.3, 0.4) is 0 Å². The van der Waals surface area contributed by atoms with Gasteiger partial charge in [-0.2, -0.15) is 13.2 Å². The molecule has 0 aromatic heterocycles. The highest BCUT2D eigenvalue weighted by molar-refractivity contribution is 5.29. The van der Waals surface area contributed by atoms with Crippen LogP contribution in [0.25, 0.3) is 0 Å². The highest BCUT2D eigenvalue weighted by atomic mass is 19.4. The van der Waals surface area contributed by atoms with Gasteiger partial charge in [0.25, 0.3) is 0 Å². The fourth-order valence-electron chi connectivity index (χ4n) is 1.81. The van der Waals surface area contributed by atoms with Crippen molar-refractivity contribution in [1.29, 1.82) is 0 Å². The molecule has 0 amide bonds. The largest absolute Gasteiger partial charge is 0.416 e. The van der Waals surface area contributed by atoms with Gasteiger partial charge in [-0.15, -0.1) is 0 Å². The molecule has 0 radical (unpaired) electrons. The van der Waals surface area contributed by atoms with Gasteiger partial charge in [0.2, 0.25) is 0 Å². The molecule has 0 aliphatic heterocycles. The van der Waals surface area contributed by atoms with Crippen molar-refractivity contribution in [2.24, 2.45) is 0 Å². The summed E-state index contributed by atoms with van der Waals surface area (Å²) in [5.41, 5.74) is -0.363. The molecule has 1 unspecified atom stereocenters. The second-order valence-electron chi connectivity index (χ2n) is 4.15. The summed E-state index contributed by atoms with van der Waals surface area (Å²) in [4.78, 5) is 0. The lowest BCUT2D eigenvalue weighted by atomic mass is 10.1. The van der Waals surface area contributed by atoms with E-state index in [4.69, 9.17) is 5.11 Å². The van der Waals surface area contributed by atoms with Crippen LogP contribution < -0.4 is 5.32 Å². The number of rotatable bonds is 6. The summed E-state index contributed by atoms with van der Waals surface area (Å²) < 4.78 is 38.2. The lowest BCUT2D eigenvalue weighted by Crippen LogP contribution is -2.29. The summed E-state index contributed by atoms with van der Waals surface area (Å²) in [7, 11) is 0. The summed E-state index contributed by atoms with van der Waals surface area (Å²) in [6, 6.07) is 5.58. The lowest BCUT2D eigenvalue weighted by molar-refractivity contribution is -0.138. The smallest absolute Gasteiger partial charge is 0.396 e. The molecule has 2 nitrogen and oxygen atoms in total. The first-order valence-electron chi connectivity index (χ1n) is 5.98. The molecule has 1 aromatic carbocycles. The van der Waals surface area contributed by atoms with Crippen LogP contribution >= 0.6 is 0 Å². The zero-order chi connectivity index (χ0) is 13.6. The van der Waals surface area contributed by atoms with Crippen molar-refractivity contribution in [1.82, 2.24) is 5.32 Å². The Bertz CT molecular complexity index is 365. The van der Waals surface area contributed by atoms with Gasteiger partial charge >= 0.3 is 6.18 Å². The summed E-state index contributed by atoms with van der Waals surface area (Å²) in [6.07, 6.45) is -3.00. The zero-order valence-corrected chi connectivity index (χ0v) is 10.3. The number of alkyl halides is 3. The summed E-state index contributed by atoms with van der Waals surface area (Å²) in [5.74, 6) is 0. The van der Waals surface area contributed by atoms with Gasteiger partial charge in [0.1, 0.15) is 0 Å². The minimum Gasteiger partial charge on any atom is -0.396 e. The van der Waals surface area contributed by atoms with E-state index in [1.807, 2.05) is 6.92 Å². The first kappa shape index (κ1) is 15.0. The predicted octanol–water partition coefficient (Wildman–Crippen LogP) is 2.96. The third-order valence-corrected chi connectivity index (χ3v) is 2.87. The predicted molar refractivity (Wildman–Crippen MR) is 64.1 cm³/mol. The molecule has 5 heteroatoms. The average molecular weight is 261 g/mol. The topological polar surface area (TPSA) is 32.3 Å². The van der Waals surface area contributed by atoms with Gasteiger partial charge in [-0.1, -0.05) is 25.1 Å². The van der Waals surface area contributed by atoms with Crippen molar-refractivity contribution in [3.8, 4) is 0 Å². The fourth-order valence-corrected chi connectivity index (χ4v) is 1.81. The second-order valence-corrected chi connectivity index (χ2v) is 4.15. The van der Waals surface area contributed by atoms with Crippen LogP contribution in [0.1, 0.15) is 30.9 Å². The van der Waals surface area contributed by atoms with Gasteiger partial charge in [-0.25, -0.2) is 0 Å². The number of hydrogen-bond acceptors (Lipinski definition) is 2. The van der Waals surface area contributed by atoms with Crippen molar-refractivity contribution < 1.29 is 18.3 Å². The van der Waals surface area contributed by atoms with Gasteiger partial charge in [0, 0.05) is 19.2 Å². The Morgan fingerprint density at radius 2 is 1.94 bits per heavy atom. The Morgan fingerprint density at radius 1 is 1.28 bits per heavy atom. The maximum absolute atomic E-state index is 12.7. The number of halogens is 3. The molecule has 18 heavy (non-hydrogen) atoms. The van der Waals surface area contributed by atoms with E-state index >= 15 is 0 Å². The van der Waals surface area contributed by atoms with Gasteiger partial charge in [-0.05, 0) is 24.5 Å². The molecule has 0 saturated heterocycles. The third kappa shape index (κ3) is 4.31. The molecule has 0 fully saturated rings. The zero-order valence-electron chi connectivity index (χ0n) is 10.3. The van der Waals surface area contributed by atoms with Crippen LogP contribution in [0.5, 0.6) is 0 Å². The van der Waals surface area contributed by atoms with Crippen molar-refractivity contribution in [3.63, 3.8) is 0 Å². The molecule has 0 aliphatic rings. The molecule has 0 bridgehead atoms. The quantitative estimate of drug-likeness (QED) is 0.825. The van der Waals surface area contributed by atoms with Crippen molar-refractivity contribution in [3.05, 3.63) is 35.4 Å². The minimum absolute atomic E-state index is 0.0342. The van der Waals surface area contributed by atoms with Crippen molar-refractivity contribution in [2.45, 2.75) is 38.5 Å². The normalized spacial score (nSPS) is 13.6. The molecule has 2 N–H and O–H groups in total. The number of aliphatic hydroxyl groups excluding tert-OH is 1. The molecule has 0 spiro atoms. The second kappa shape index (κ2) is 6.75. The summed E-state index contributed by atoms with van der Waals surface area (Å²) in [6.45, 7) is 2.13. The van der Waals surface area contributed by atoms with Crippen molar-refractivity contribution in [2.75, 3.05) is 6.61 Å². The number of nitrogens with one attached hydrogen (secondary N) is 1. The van der Waals surface area contributed by atoms with E-state index in [9.17, 15) is 13.2 Å². The van der Waals surface area contributed by atoms with Crippen LogP contribution in [-0.2, 0) is 12.7 Å². The maximum atomic E-state index is 12.7. The Balaban J connectivity index is 2.73. The van der Waals surface area contributed by atoms with Gasteiger partial charge in [-0.3, -0.25) is 0 Å². The molecule has 0 saturated carbocycles. The van der Waals surface area contributed by atoms with Gasteiger partial charge < -0.3 is 10.4 Å². The number of hydrogen-bond donors (Lipinski definition) is 2. The number of benzene rings is 1. The average Bonchev–Trinajstić information content (AvgIpc) is 2.33. The van der Waals surface area contributed by atoms with Gasteiger partial charge in [0.15, 0.2) is 0 Å². The fraction of sp³-hybridized carbons (Fsp3) is 0.538. The standard InChI is InChI=1S/C13H18F3NO/c1-2-11(7-8-18)17-9-10-5-3-4-6-12(10)13(14,15)16/h3-6,11,17-18H,2,7-9H2,1H3. The van der Waals surface area contributed by atoms with Crippen LogP contribution in [0.4, 0.5) is 13.2 Å². The van der Waals surface area contributed by atoms with Crippen molar-refractivity contribution >= 4 is 0 Å². The molecular formula is C13H18F3NO. The molecule has 1 aromatic rings. The summed E-state index contributed by atoms with van der Waals surface area (Å²) >= 11 is 0. The van der Waals surface area contributed by atoms with E-state index in [1.165, 1.54) is 12.1 Å². The molecule has 102 valence electrons. The third-order valence-electron chi connectivity index (χ3n) is 2.87. The van der Waals surface area contributed by atoms with Crippen LogP contribution in [-0.4, -0.2) is 17.8 Å². The highest BCUT2D eigenvalue weighted by Gasteiger charge is 2.32. The van der Waals surface area contributed by atoms with E-state index in [1.54, 1.807) is 6.07 Å². The summed E-state index contributed by atoms with van der Waals surface area (Å²) in [5, 5.41) is 11.9. The Hall–Kier alpha value is -1.07. The van der Waals surface area contributed by atoms with E-state index in [0.29, 0.717) is 6.42 Å². The first-order chi connectivity index (χ1) is 8.49. The minimum atomic E-state index is -4.32. The van der Waals surface area contributed by atoms with Crippen LogP contribution in [0.15, 0.2) is 24.3 Å².